The van der Waals surface area contributed by atoms with Gasteiger partial charge < -0.3 is 9.30 Å². The SMILES string of the molecule is CCN1Cc2ncnc(Oc3ccc4c(ccn4C)c3)c2C[C@@H]1C. The molecule has 3 heterocycles. The van der Waals surface area contributed by atoms with Gasteiger partial charge in [-0.25, -0.2) is 9.97 Å². The van der Waals surface area contributed by atoms with E-state index < -0.39 is 0 Å². The van der Waals surface area contributed by atoms with Crippen molar-refractivity contribution in [2.24, 2.45) is 7.05 Å². The first-order valence-corrected chi connectivity index (χ1v) is 8.45. The average molecular weight is 322 g/mol. The number of fused-ring (bicyclic) bond motifs is 2. The number of likely N-dealkylation sites (N-methyl/N-ethyl adjacent to an activating group) is 1. The van der Waals surface area contributed by atoms with Gasteiger partial charge in [0.05, 0.1) is 5.69 Å². The lowest BCUT2D eigenvalue weighted by atomic mass is 10.00. The van der Waals surface area contributed by atoms with Crippen molar-refractivity contribution in [2.45, 2.75) is 32.9 Å². The Morgan fingerprint density at radius 2 is 2.12 bits per heavy atom. The van der Waals surface area contributed by atoms with Crippen molar-refractivity contribution in [1.29, 1.82) is 0 Å². The van der Waals surface area contributed by atoms with Crippen molar-refractivity contribution in [1.82, 2.24) is 19.4 Å². The summed E-state index contributed by atoms with van der Waals surface area (Å²) in [5, 5.41) is 1.17. The van der Waals surface area contributed by atoms with Gasteiger partial charge in [0.1, 0.15) is 12.1 Å². The van der Waals surface area contributed by atoms with E-state index in [-0.39, 0.29) is 0 Å². The average Bonchev–Trinajstić information content (AvgIpc) is 2.95. The molecule has 0 aliphatic carbocycles. The summed E-state index contributed by atoms with van der Waals surface area (Å²) in [6.45, 7) is 6.34. The summed E-state index contributed by atoms with van der Waals surface area (Å²) in [7, 11) is 2.05. The molecule has 0 bridgehead atoms. The Bertz CT molecular complexity index is 886. The van der Waals surface area contributed by atoms with Crippen molar-refractivity contribution in [2.75, 3.05) is 6.54 Å². The summed E-state index contributed by atoms with van der Waals surface area (Å²) >= 11 is 0. The predicted octanol–water partition coefficient (Wildman–Crippen LogP) is 3.53. The van der Waals surface area contributed by atoms with Gasteiger partial charge in [-0.3, -0.25) is 4.90 Å². The lowest BCUT2D eigenvalue weighted by Gasteiger charge is -2.33. The number of aryl methyl sites for hydroxylation is 1. The molecule has 2 aromatic heterocycles. The Labute approximate surface area is 141 Å². The molecular formula is C19H22N4O. The van der Waals surface area contributed by atoms with Crippen LogP contribution >= 0.6 is 0 Å². The van der Waals surface area contributed by atoms with Gasteiger partial charge >= 0.3 is 0 Å². The van der Waals surface area contributed by atoms with Crippen LogP contribution in [0.1, 0.15) is 25.1 Å². The fourth-order valence-electron chi connectivity index (χ4n) is 3.49. The quantitative estimate of drug-likeness (QED) is 0.740. The van der Waals surface area contributed by atoms with Gasteiger partial charge in [0.2, 0.25) is 5.88 Å². The van der Waals surface area contributed by atoms with Gasteiger partial charge in [0, 0.05) is 42.3 Å². The fraction of sp³-hybridized carbons (Fsp3) is 0.368. The van der Waals surface area contributed by atoms with Crippen molar-refractivity contribution in [3.05, 3.63) is 48.0 Å². The van der Waals surface area contributed by atoms with Crippen LogP contribution in [0.25, 0.3) is 10.9 Å². The molecule has 5 heteroatoms. The van der Waals surface area contributed by atoms with Gasteiger partial charge in [0.15, 0.2) is 0 Å². The van der Waals surface area contributed by atoms with Crippen LogP contribution in [0.3, 0.4) is 0 Å². The highest BCUT2D eigenvalue weighted by molar-refractivity contribution is 5.81. The third-order valence-corrected chi connectivity index (χ3v) is 4.95. The topological polar surface area (TPSA) is 43.2 Å². The molecule has 0 N–H and O–H groups in total. The second-order valence-corrected chi connectivity index (χ2v) is 6.47. The monoisotopic (exact) mass is 322 g/mol. The van der Waals surface area contributed by atoms with Gasteiger partial charge in [-0.15, -0.1) is 0 Å². The van der Waals surface area contributed by atoms with E-state index in [0.29, 0.717) is 11.9 Å². The standard InChI is InChI=1S/C19H22N4O/c1-4-23-11-17-16(9-13(23)2)19(21-12-20-17)24-15-5-6-18-14(10-15)7-8-22(18)3/h5-8,10,12-13H,4,9,11H2,1-3H3/t13-/m0/s1. The van der Waals surface area contributed by atoms with Crippen LogP contribution in [-0.4, -0.2) is 32.0 Å². The van der Waals surface area contributed by atoms with Gasteiger partial charge in [-0.1, -0.05) is 6.92 Å². The highest BCUT2D eigenvalue weighted by Gasteiger charge is 2.26. The number of nitrogens with zero attached hydrogens (tertiary/aromatic N) is 4. The van der Waals surface area contributed by atoms with Crippen LogP contribution in [0.15, 0.2) is 36.8 Å². The van der Waals surface area contributed by atoms with Crippen molar-refractivity contribution < 1.29 is 4.74 Å². The number of hydrogen-bond acceptors (Lipinski definition) is 4. The molecule has 0 radical (unpaired) electrons. The van der Waals surface area contributed by atoms with Gasteiger partial charge in [-0.05, 0) is 44.2 Å². The summed E-state index contributed by atoms with van der Waals surface area (Å²) in [6.07, 6.45) is 4.59. The molecule has 0 amide bonds. The number of benzene rings is 1. The van der Waals surface area contributed by atoms with E-state index >= 15 is 0 Å². The molecule has 1 atom stereocenters. The summed E-state index contributed by atoms with van der Waals surface area (Å²) in [5.41, 5.74) is 3.42. The summed E-state index contributed by atoms with van der Waals surface area (Å²) in [6, 6.07) is 8.72. The molecule has 0 unspecified atom stereocenters. The Balaban J connectivity index is 1.67. The molecule has 1 aromatic carbocycles. The van der Waals surface area contributed by atoms with E-state index in [1.165, 1.54) is 10.9 Å². The molecule has 124 valence electrons. The smallest absolute Gasteiger partial charge is 0.225 e. The summed E-state index contributed by atoms with van der Waals surface area (Å²) in [4.78, 5) is 11.3. The molecule has 0 fully saturated rings. The molecule has 0 saturated carbocycles. The van der Waals surface area contributed by atoms with Crippen LogP contribution in [-0.2, 0) is 20.0 Å². The minimum Gasteiger partial charge on any atom is -0.439 e. The Morgan fingerprint density at radius 1 is 1.25 bits per heavy atom. The van der Waals surface area contributed by atoms with Crippen molar-refractivity contribution in [3.63, 3.8) is 0 Å². The highest BCUT2D eigenvalue weighted by atomic mass is 16.5. The third-order valence-electron chi connectivity index (χ3n) is 4.95. The number of ether oxygens (including phenoxy) is 1. The lowest BCUT2D eigenvalue weighted by molar-refractivity contribution is 0.189. The van der Waals surface area contributed by atoms with E-state index in [1.807, 2.05) is 13.1 Å². The second-order valence-electron chi connectivity index (χ2n) is 6.47. The predicted molar refractivity (Wildman–Crippen MR) is 94.3 cm³/mol. The van der Waals surface area contributed by atoms with Crippen LogP contribution in [0, 0.1) is 0 Å². The third kappa shape index (κ3) is 2.55. The second kappa shape index (κ2) is 5.91. The van der Waals surface area contributed by atoms with E-state index in [9.17, 15) is 0 Å². The van der Waals surface area contributed by atoms with Crippen LogP contribution in [0.5, 0.6) is 11.6 Å². The number of aromatic nitrogens is 3. The fourth-order valence-corrected chi connectivity index (χ4v) is 3.49. The van der Waals surface area contributed by atoms with E-state index in [0.717, 1.165) is 36.5 Å². The normalized spacial score (nSPS) is 17.9. The molecule has 1 aliphatic heterocycles. The maximum atomic E-state index is 6.13. The molecule has 24 heavy (non-hydrogen) atoms. The first-order chi connectivity index (χ1) is 11.7. The lowest BCUT2D eigenvalue weighted by Crippen LogP contribution is -2.38. The zero-order valence-corrected chi connectivity index (χ0v) is 14.4. The van der Waals surface area contributed by atoms with Crippen molar-refractivity contribution in [3.8, 4) is 11.6 Å². The van der Waals surface area contributed by atoms with Gasteiger partial charge in [0.25, 0.3) is 0 Å². The first kappa shape index (κ1) is 15.1. The molecule has 0 saturated heterocycles. The van der Waals surface area contributed by atoms with Crippen molar-refractivity contribution >= 4 is 10.9 Å². The molecule has 5 nitrogen and oxygen atoms in total. The van der Waals surface area contributed by atoms with Crippen LogP contribution in [0.2, 0.25) is 0 Å². The maximum Gasteiger partial charge on any atom is 0.225 e. The Morgan fingerprint density at radius 3 is 2.96 bits per heavy atom. The maximum absolute atomic E-state index is 6.13. The zero-order chi connectivity index (χ0) is 16.7. The first-order valence-electron chi connectivity index (χ1n) is 8.45. The minimum atomic E-state index is 0.479. The minimum absolute atomic E-state index is 0.479. The van der Waals surface area contributed by atoms with Crippen LogP contribution in [0.4, 0.5) is 0 Å². The Hall–Kier alpha value is -2.40. The number of hydrogen-bond donors (Lipinski definition) is 0. The van der Waals surface area contributed by atoms with E-state index in [1.54, 1.807) is 6.33 Å². The van der Waals surface area contributed by atoms with E-state index in [4.69, 9.17) is 4.74 Å². The van der Waals surface area contributed by atoms with Gasteiger partial charge in [-0.2, -0.15) is 0 Å². The molecule has 1 aliphatic rings. The molecule has 4 rings (SSSR count). The summed E-state index contributed by atoms with van der Waals surface area (Å²) in [5.74, 6) is 1.51. The van der Waals surface area contributed by atoms with E-state index in [2.05, 4.69) is 57.7 Å². The molecular weight excluding hydrogens is 300 g/mol. The number of rotatable bonds is 3. The molecule has 3 aromatic rings. The summed E-state index contributed by atoms with van der Waals surface area (Å²) < 4.78 is 8.24. The zero-order valence-electron chi connectivity index (χ0n) is 14.4. The van der Waals surface area contributed by atoms with Crippen LogP contribution < -0.4 is 4.74 Å². The largest absolute Gasteiger partial charge is 0.439 e. The Kier molecular flexibility index (Phi) is 3.73. The molecule has 0 spiro atoms. The highest BCUT2D eigenvalue weighted by Crippen LogP contribution is 2.31.